The van der Waals surface area contributed by atoms with Gasteiger partial charge < -0.3 is 22.1 Å². The fraction of sp³-hybridized carbons (Fsp3) is 0.542. The predicted molar refractivity (Wildman–Crippen MR) is 132 cm³/mol. The molecular weight excluding hydrogens is 400 g/mol. The molecule has 0 bridgehead atoms. The van der Waals surface area contributed by atoms with Gasteiger partial charge in [-0.15, -0.1) is 0 Å². The average molecular weight is 437 g/mol. The van der Waals surface area contributed by atoms with Crippen LogP contribution in [0.3, 0.4) is 0 Å². The molecule has 6 N–H and O–H groups in total. The summed E-state index contributed by atoms with van der Waals surface area (Å²) in [5.41, 5.74) is 17.1. The van der Waals surface area contributed by atoms with Gasteiger partial charge in [-0.1, -0.05) is 44.9 Å². The number of aromatic nitrogens is 4. The highest BCUT2D eigenvalue weighted by Crippen LogP contribution is 2.32. The SMILES string of the molecule is CC(C)c1nn(C(C)C)c2c(NCc3ccccc3N)nc(NC3CCCCC3N)nc12. The summed E-state index contributed by atoms with van der Waals surface area (Å²) >= 11 is 0. The second-order valence-electron chi connectivity index (χ2n) is 9.42. The average Bonchev–Trinajstić information content (AvgIpc) is 3.15. The number of fused-ring (bicyclic) bond motifs is 1. The van der Waals surface area contributed by atoms with Crippen molar-refractivity contribution < 1.29 is 0 Å². The van der Waals surface area contributed by atoms with E-state index in [9.17, 15) is 0 Å². The minimum atomic E-state index is 0.117. The fourth-order valence-corrected chi connectivity index (χ4v) is 4.39. The minimum Gasteiger partial charge on any atom is -0.398 e. The van der Waals surface area contributed by atoms with E-state index in [1.807, 2.05) is 28.9 Å². The fourth-order valence-electron chi connectivity index (χ4n) is 4.39. The molecule has 32 heavy (non-hydrogen) atoms. The molecule has 1 aromatic carbocycles. The standard InChI is InChI=1S/C24H36N8/c1-14(2)20-21-22(32(31-20)15(3)4)23(27-13-16-9-5-6-10-17(16)25)30-24(29-21)28-19-12-8-7-11-18(19)26/h5-6,9-10,14-15,18-19H,7-8,11-13,25-26H2,1-4H3,(H2,27,28,29,30). The quantitative estimate of drug-likeness (QED) is 0.405. The van der Waals surface area contributed by atoms with Gasteiger partial charge in [0.2, 0.25) is 5.95 Å². The maximum atomic E-state index is 6.39. The van der Waals surface area contributed by atoms with Crippen LogP contribution in [0.4, 0.5) is 17.5 Å². The Morgan fingerprint density at radius 2 is 1.84 bits per heavy atom. The Kier molecular flexibility index (Phi) is 6.50. The van der Waals surface area contributed by atoms with E-state index in [0.717, 1.165) is 46.6 Å². The van der Waals surface area contributed by atoms with Crippen molar-refractivity contribution in [1.82, 2.24) is 19.7 Å². The van der Waals surface area contributed by atoms with Crippen LogP contribution in [0.15, 0.2) is 24.3 Å². The molecule has 2 atom stereocenters. The molecule has 0 radical (unpaired) electrons. The van der Waals surface area contributed by atoms with Gasteiger partial charge >= 0.3 is 0 Å². The first-order valence-corrected chi connectivity index (χ1v) is 11.7. The number of anilines is 3. The summed E-state index contributed by atoms with van der Waals surface area (Å²) in [6.07, 6.45) is 4.42. The Hall–Kier alpha value is -2.87. The highest BCUT2D eigenvalue weighted by molar-refractivity contribution is 5.89. The van der Waals surface area contributed by atoms with Crippen molar-refractivity contribution in [3.05, 3.63) is 35.5 Å². The number of nitrogen functional groups attached to an aromatic ring is 1. The largest absolute Gasteiger partial charge is 0.398 e. The van der Waals surface area contributed by atoms with Gasteiger partial charge in [0.1, 0.15) is 11.0 Å². The van der Waals surface area contributed by atoms with Gasteiger partial charge in [-0.25, -0.2) is 4.98 Å². The number of hydrogen-bond donors (Lipinski definition) is 4. The molecule has 172 valence electrons. The monoisotopic (exact) mass is 436 g/mol. The second-order valence-corrected chi connectivity index (χ2v) is 9.42. The molecule has 1 saturated carbocycles. The van der Waals surface area contributed by atoms with Crippen molar-refractivity contribution in [3.8, 4) is 0 Å². The summed E-state index contributed by atoms with van der Waals surface area (Å²) in [5.74, 6) is 1.61. The lowest BCUT2D eigenvalue weighted by atomic mass is 9.91. The van der Waals surface area contributed by atoms with E-state index in [4.69, 9.17) is 26.5 Å². The van der Waals surface area contributed by atoms with Gasteiger partial charge in [0.05, 0.1) is 5.69 Å². The molecule has 3 aromatic rings. The van der Waals surface area contributed by atoms with Crippen LogP contribution in [0.5, 0.6) is 0 Å². The molecule has 1 fully saturated rings. The molecule has 8 heteroatoms. The zero-order chi connectivity index (χ0) is 22.8. The van der Waals surface area contributed by atoms with E-state index in [2.05, 4.69) is 38.3 Å². The summed E-state index contributed by atoms with van der Waals surface area (Å²) in [4.78, 5) is 9.83. The normalized spacial score (nSPS) is 19.1. The van der Waals surface area contributed by atoms with Crippen molar-refractivity contribution in [2.75, 3.05) is 16.4 Å². The van der Waals surface area contributed by atoms with Gasteiger partial charge in [-0.05, 0) is 44.2 Å². The topological polar surface area (TPSA) is 120 Å². The number of para-hydroxylation sites is 1. The smallest absolute Gasteiger partial charge is 0.225 e. The predicted octanol–water partition coefficient (Wildman–Crippen LogP) is 4.41. The van der Waals surface area contributed by atoms with Crippen LogP contribution in [0.25, 0.3) is 11.0 Å². The zero-order valence-electron chi connectivity index (χ0n) is 19.6. The summed E-state index contributed by atoms with van der Waals surface area (Å²) in [5, 5.41) is 12.0. The Balaban J connectivity index is 1.77. The number of hydrogen-bond acceptors (Lipinski definition) is 7. The van der Waals surface area contributed by atoms with Crippen LogP contribution >= 0.6 is 0 Å². The van der Waals surface area contributed by atoms with Crippen molar-refractivity contribution in [2.45, 2.75) is 84.0 Å². The van der Waals surface area contributed by atoms with E-state index in [-0.39, 0.29) is 24.0 Å². The zero-order valence-corrected chi connectivity index (χ0v) is 19.6. The molecule has 0 aliphatic heterocycles. The summed E-state index contributed by atoms with van der Waals surface area (Å²) < 4.78 is 2.03. The van der Waals surface area contributed by atoms with Crippen LogP contribution in [0.1, 0.15) is 76.6 Å². The van der Waals surface area contributed by atoms with Crippen molar-refractivity contribution in [3.63, 3.8) is 0 Å². The molecule has 0 spiro atoms. The van der Waals surface area contributed by atoms with Gasteiger partial charge in [0.25, 0.3) is 0 Å². The Morgan fingerprint density at radius 3 is 2.53 bits per heavy atom. The Labute approximate surface area is 190 Å². The van der Waals surface area contributed by atoms with Crippen molar-refractivity contribution >= 4 is 28.5 Å². The van der Waals surface area contributed by atoms with Gasteiger partial charge in [0.15, 0.2) is 5.82 Å². The third kappa shape index (κ3) is 4.50. The van der Waals surface area contributed by atoms with Crippen LogP contribution < -0.4 is 22.1 Å². The lowest BCUT2D eigenvalue weighted by Gasteiger charge is -2.29. The minimum absolute atomic E-state index is 0.117. The summed E-state index contributed by atoms with van der Waals surface area (Å²) in [6.45, 7) is 9.12. The van der Waals surface area contributed by atoms with Crippen molar-refractivity contribution in [2.24, 2.45) is 5.73 Å². The van der Waals surface area contributed by atoms with Crippen LogP contribution in [0, 0.1) is 0 Å². The molecule has 0 saturated heterocycles. The highest BCUT2D eigenvalue weighted by atomic mass is 15.3. The van der Waals surface area contributed by atoms with Gasteiger partial charge in [0, 0.05) is 30.4 Å². The maximum Gasteiger partial charge on any atom is 0.225 e. The summed E-state index contributed by atoms with van der Waals surface area (Å²) in [7, 11) is 0. The Bertz CT molecular complexity index is 1070. The first kappa shape index (κ1) is 22.3. The highest BCUT2D eigenvalue weighted by Gasteiger charge is 2.25. The van der Waals surface area contributed by atoms with Gasteiger partial charge in [-0.2, -0.15) is 10.1 Å². The number of benzene rings is 1. The van der Waals surface area contributed by atoms with Crippen molar-refractivity contribution in [1.29, 1.82) is 0 Å². The molecule has 0 amide bonds. The number of nitrogens with one attached hydrogen (secondary N) is 2. The Morgan fingerprint density at radius 1 is 1.09 bits per heavy atom. The third-order valence-electron chi connectivity index (χ3n) is 6.24. The number of rotatable bonds is 7. The van der Waals surface area contributed by atoms with E-state index in [0.29, 0.717) is 12.5 Å². The molecule has 4 rings (SSSR count). The molecule has 2 aromatic heterocycles. The van der Waals surface area contributed by atoms with E-state index in [1.54, 1.807) is 0 Å². The maximum absolute atomic E-state index is 6.39. The molecule has 2 unspecified atom stereocenters. The molecular formula is C24H36N8. The molecule has 8 nitrogen and oxygen atoms in total. The first-order valence-electron chi connectivity index (χ1n) is 11.7. The van der Waals surface area contributed by atoms with Crippen LogP contribution in [0.2, 0.25) is 0 Å². The number of nitrogens with two attached hydrogens (primary N) is 2. The van der Waals surface area contributed by atoms with E-state index >= 15 is 0 Å². The van der Waals surface area contributed by atoms with E-state index < -0.39 is 0 Å². The van der Waals surface area contributed by atoms with E-state index in [1.165, 1.54) is 12.8 Å². The lowest BCUT2D eigenvalue weighted by Crippen LogP contribution is -2.43. The lowest BCUT2D eigenvalue weighted by molar-refractivity contribution is 0.402. The number of nitrogens with zero attached hydrogens (tertiary/aromatic N) is 4. The molecule has 2 heterocycles. The first-order chi connectivity index (χ1) is 15.3. The molecule has 1 aliphatic rings. The molecule has 1 aliphatic carbocycles. The van der Waals surface area contributed by atoms with Crippen LogP contribution in [-0.2, 0) is 6.54 Å². The van der Waals surface area contributed by atoms with Gasteiger partial charge in [-0.3, -0.25) is 4.68 Å². The third-order valence-corrected chi connectivity index (χ3v) is 6.24. The van der Waals surface area contributed by atoms with Crippen LogP contribution in [-0.4, -0.2) is 31.8 Å². The summed E-state index contributed by atoms with van der Waals surface area (Å²) in [6, 6.07) is 8.36. The second kappa shape index (κ2) is 9.32.